The number of hydrogen-bond acceptors (Lipinski definition) is 4. The summed E-state index contributed by atoms with van der Waals surface area (Å²) in [7, 11) is 1.29. The Morgan fingerprint density at radius 1 is 1.18 bits per heavy atom. The predicted octanol–water partition coefficient (Wildman–Crippen LogP) is 1.10. The molecule has 0 saturated carbocycles. The van der Waals surface area contributed by atoms with Crippen molar-refractivity contribution in [2.24, 2.45) is 0 Å². The van der Waals surface area contributed by atoms with Crippen LogP contribution in [0.25, 0.3) is 0 Å². The molecule has 0 bridgehead atoms. The summed E-state index contributed by atoms with van der Waals surface area (Å²) in [6, 6.07) is 5.01. The van der Waals surface area contributed by atoms with Gasteiger partial charge in [0.1, 0.15) is 0 Å². The third-order valence-corrected chi connectivity index (χ3v) is 3.29. The Morgan fingerprint density at radius 2 is 1.86 bits per heavy atom. The minimum Gasteiger partial charge on any atom is -0.469 e. The molecule has 6 heteroatoms. The number of rotatable bonds is 6. The molecule has 0 aromatic heterocycles. The van der Waals surface area contributed by atoms with Crippen LogP contribution in [0.4, 0.5) is 0 Å². The van der Waals surface area contributed by atoms with E-state index in [-0.39, 0.29) is 30.8 Å². The lowest BCUT2D eigenvalue weighted by Gasteiger charge is -2.13. The summed E-state index contributed by atoms with van der Waals surface area (Å²) in [6.07, 6.45) is 0.0906. The summed E-state index contributed by atoms with van der Waals surface area (Å²) < 4.78 is 4.52. The van der Waals surface area contributed by atoms with Gasteiger partial charge in [0, 0.05) is 11.6 Å². The first-order valence-electron chi connectivity index (χ1n) is 7.05. The molecule has 1 rings (SSSR count). The first kappa shape index (κ1) is 17.7. The number of benzene rings is 1. The molecule has 0 spiro atoms. The monoisotopic (exact) mass is 306 g/mol. The molecule has 1 aromatic carbocycles. The lowest BCUT2D eigenvalue weighted by molar-refractivity contribution is -0.141. The van der Waals surface area contributed by atoms with E-state index in [2.05, 4.69) is 15.4 Å². The van der Waals surface area contributed by atoms with E-state index in [1.807, 2.05) is 19.9 Å². The molecule has 0 heterocycles. The molecule has 1 unspecified atom stereocenters. The van der Waals surface area contributed by atoms with Gasteiger partial charge in [-0.15, -0.1) is 0 Å². The summed E-state index contributed by atoms with van der Waals surface area (Å²) in [4.78, 5) is 34.7. The second kappa shape index (κ2) is 8.17. The van der Waals surface area contributed by atoms with Crippen LogP contribution in [0.3, 0.4) is 0 Å². The Balaban J connectivity index is 2.44. The van der Waals surface area contributed by atoms with Gasteiger partial charge in [-0.3, -0.25) is 14.4 Å². The van der Waals surface area contributed by atoms with Crippen LogP contribution < -0.4 is 10.6 Å². The van der Waals surface area contributed by atoms with Crippen LogP contribution in [0.1, 0.15) is 34.8 Å². The molecular formula is C16H22N2O4. The van der Waals surface area contributed by atoms with Crippen LogP contribution >= 0.6 is 0 Å². The average Bonchev–Trinajstić information content (AvgIpc) is 2.47. The molecule has 1 aromatic rings. The van der Waals surface area contributed by atoms with Crippen LogP contribution in [-0.4, -0.2) is 37.5 Å². The second-order valence-corrected chi connectivity index (χ2v) is 5.23. The third kappa shape index (κ3) is 5.55. The van der Waals surface area contributed by atoms with Crippen LogP contribution in [0.5, 0.6) is 0 Å². The van der Waals surface area contributed by atoms with Gasteiger partial charge in [0.2, 0.25) is 5.91 Å². The molecule has 22 heavy (non-hydrogen) atoms. The topological polar surface area (TPSA) is 84.5 Å². The largest absolute Gasteiger partial charge is 0.469 e. The fourth-order valence-corrected chi connectivity index (χ4v) is 1.86. The second-order valence-electron chi connectivity index (χ2n) is 5.23. The van der Waals surface area contributed by atoms with Crippen molar-refractivity contribution in [1.82, 2.24) is 10.6 Å². The molecule has 0 aliphatic heterocycles. The number of esters is 1. The van der Waals surface area contributed by atoms with E-state index in [0.29, 0.717) is 5.56 Å². The van der Waals surface area contributed by atoms with Crippen molar-refractivity contribution < 1.29 is 19.1 Å². The van der Waals surface area contributed by atoms with Crippen LogP contribution in [0.15, 0.2) is 18.2 Å². The molecule has 0 radical (unpaired) electrons. The minimum absolute atomic E-state index is 0.0906. The summed E-state index contributed by atoms with van der Waals surface area (Å²) in [6.45, 7) is 5.44. The Hall–Kier alpha value is -2.37. The zero-order valence-electron chi connectivity index (χ0n) is 13.4. The fourth-order valence-electron chi connectivity index (χ4n) is 1.86. The highest BCUT2D eigenvalue weighted by Crippen LogP contribution is 2.09. The van der Waals surface area contributed by atoms with Crippen molar-refractivity contribution in [3.63, 3.8) is 0 Å². The Labute approximate surface area is 130 Å². The number of amides is 2. The lowest BCUT2D eigenvalue weighted by Crippen LogP contribution is -2.41. The Kier molecular flexibility index (Phi) is 6.56. The maximum absolute atomic E-state index is 12.0. The van der Waals surface area contributed by atoms with Crippen LogP contribution in [0.2, 0.25) is 0 Å². The van der Waals surface area contributed by atoms with Gasteiger partial charge >= 0.3 is 5.97 Å². The van der Waals surface area contributed by atoms with Gasteiger partial charge in [-0.05, 0) is 44.0 Å². The highest BCUT2D eigenvalue weighted by molar-refractivity contribution is 5.96. The van der Waals surface area contributed by atoms with E-state index >= 15 is 0 Å². The number of methoxy groups -OCH3 is 1. The number of nitrogens with one attached hydrogen (secondary N) is 2. The zero-order chi connectivity index (χ0) is 16.7. The van der Waals surface area contributed by atoms with E-state index in [1.54, 1.807) is 19.1 Å². The maximum atomic E-state index is 12.0. The summed E-state index contributed by atoms with van der Waals surface area (Å²) in [5, 5.41) is 5.17. The highest BCUT2D eigenvalue weighted by atomic mass is 16.5. The standard InChI is InChI=1S/C16H22N2O4/c1-10-5-6-13(7-11(10)2)16(21)17-9-14(19)18-12(3)8-15(20)22-4/h5-7,12H,8-9H2,1-4H3,(H,17,21)(H,18,19). The van der Waals surface area contributed by atoms with Crippen LogP contribution in [-0.2, 0) is 14.3 Å². The first-order valence-corrected chi connectivity index (χ1v) is 7.05. The van der Waals surface area contributed by atoms with Gasteiger partial charge < -0.3 is 15.4 Å². The quantitative estimate of drug-likeness (QED) is 0.771. The number of ether oxygens (including phenoxy) is 1. The molecule has 0 aliphatic carbocycles. The molecule has 1 atom stereocenters. The van der Waals surface area contributed by atoms with Crippen molar-refractivity contribution in [3.8, 4) is 0 Å². The fraction of sp³-hybridized carbons (Fsp3) is 0.438. The molecule has 2 N–H and O–H groups in total. The Morgan fingerprint density at radius 3 is 2.45 bits per heavy atom. The highest BCUT2D eigenvalue weighted by Gasteiger charge is 2.13. The summed E-state index contributed by atoms with van der Waals surface area (Å²) in [5.74, 6) is -1.06. The summed E-state index contributed by atoms with van der Waals surface area (Å²) in [5.41, 5.74) is 2.63. The first-order chi connectivity index (χ1) is 10.3. The smallest absolute Gasteiger partial charge is 0.307 e. The molecule has 6 nitrogen and oxygen atoms in total. The summed E-state index contributed by atoms with van der Waals surface area (Å²) >= 11 is 0. The van der Waals surface area contributed by atoms with Crippen molar-refractivity contribution >= 4 is 17.8 Å². The molecule has 0 aliphatic rings. The van der Waals surface area contributed by atoms with Crippen molar-refractivity contribution in [3.05, 3.63) is 34.9 Å². The van der Waals surface area contributed by atoms with E-state index in [1.165, 1.54) is 7.11 Å². The van der Waals surface area contributed by atoms with E-state index in [9.17, 15) is 14.4 Å². The SMILES string of the molecule is COC(=O)CC(C)NC(=O)CNC(=O)c1ccc(C)c(C)c1. The molecule has 2 amide bonds. The number of carbonyl (C=O) groups is 3. The third-order valence-electron chi connectivity index (χ3n) is 3.29. The van der Waals surface area contributed by atoms with E-state index in [0.717, 1.165) is 11.1 Å². The van der Waals surface area contributed by atoms with Gasteiger partial charge in [-0.2, -0.15) is 0 Å². The number of hydrogen-bond donors (Lipinski definition) is 2. The van der Waals surface area contributed by atoms with Gasteiger partial charge in [0.25, 0.3) is 5.91 Å². The van der Waals surface area contributed by atoms with Gasteiger partial charge in [0.05, 0.1) is 20.1 Å². The maximum Gasteiger partial charge on any atom is 0.307 e. The van der Waals surface area contributed by atoms with Crippen molar-refractivity contribution in [2.45, 2.75) is 33.2 Å². The Bertz CT molecular complexity index is 569. The van der Waals surface area contributed by atoms with Gasteiger partial charge in [-0.25, -0.2) is 0 Å². The van der Waals surface area contributed by atoms with Gasteiger partial charge in [-0.1, -0.05) is 6.07 Å². The minimum atomic E-state index is -0.396. The molecular weight excluding hydrogens is 284 g/mol. The molecule has 0 saturated heterocycles. The van der Waals surface area contributed by atoms with E-state index < -0.39 is 5.97 Å². The van der Waals surface area contributed by atoms with Crippen LogP contribution in [0, 0.1) is 13.8 Å². The van der Waals surface area contributed by atoms with Gasteiger partial charge in [0.15, 0.2) is 0 Å². The van der Waals surface area contributed by atoms with Crippen molar-refractivity contribution in [1.29, 1.82) is 0 Å². The van der Waals surface area contributed by atoms with E-state index in [4.69, 9.17) is 0 Å². The number of carbonyl (C=O) groups excluding carboxylic acids is 3. The lowest BCUT2D eigenvalue weighted by atomic mass is 10.1. The average molecular weight is 306 g/mol. The molecule has 0 fully saturated rings. The normalized spacial score (nSPS) is 11.5. The zero-order valence-corrected chi connectivity index (χ0v) is 13.4. The predicted molar refractivity (Wildman–Crippen MR) is 82.5 cm³/mol. The number of aryl methyl sites for hydroxylation is 2. The molecule has 120 valence electrons. The van der Waals surface area contributed by atoms with Crippen molar-refractivity contribution in [2.75, 3.05) is 13.7 Å².